The minimum atomic E-state index is -3.46. The molecule has 1 aliphatic carbocycles. The molecular weight excluding hydrogens is 422 g/mol. The van der Waals surface area contributed by atoms with Gasteiger partial charge in [-0.2, -0.15) is 4.31 Å². The summed E-state index contributed by atoms with van der Waals surface area (Å²) in [6.07, 6.45) is 12.3. The van der Waals surface area contributed by atoms with Gasteiger partial charge in [-0.05, 0) is 75.1 Å². The van der Waals surface area contributed by atoms with E-state index in [1.54, 1.807) is 16.4 Å². The second-order valence-corrected chi connectivity index (χ2v) is 11.2. The molecule has 4 rings (SSSR count). The molecule has 174 valence electrons. The standard InChI is InChI=1S/C25H35N3O3S/c1-20-10-17-28(18-11-20)32(30,31)23-7-8-24-22(19-23)12-15-27(24)16-13-25(29)26-14-9-21-5-3-2-4-6-21/h5,7-8,12,15,19-20H,2-4,6,9-11,13-14,16-18H2,1H3,(H,26,29). The highest BCUT2D eigenvalue weighted by Gasteiger charge is 2.28. The minimum Gasteiger partial charge on any atom is -0.356 e. The van der Waals surface area contributed by atoms with Crippen molar-refractivity contribution in [1.82, 2.24) is 14.2 Å². The Balaban J connectivity index is 1.33. The number of nitrogens with zero attached hydrogens (tertiary/aromatic N) is 2. The Bertz CT molecular complexity index is 1080. The largest absolute Gasteiger partial charge is 0.356 e. The lowest BCUT2D eigenvalue weighted by molar-refractivity contribution is -0.121. The number of rotatable bonds is 8. The summed E-state index contributed by atoms with van der Waals surface area (Å²) in [5, 5.41) is 3.92. The first-order chi connectivity index (χ1) is 15.4. The molecule has 0 saturated carbocycles. The summed E-state index contributed by atoms with van der Waals surface area (Å²) < 4.78 is 29.7. The summed E-state index contributed by atoms with van der Waals surface area (Å²) in [6.45, 7) is 4.64. The number of piperidine rings is 1. The van der Waals surface area contributed by atoms with Crippen LogP contribution in [-0.4, -0.2) is 42.8 Å². The van der Waals surface area contributed by atoms with Crippen molar-refractivity contribution in [2.45, 2.75) is 69.7 Å². The predicted octanol–water partition coefficient (Wildman–Crippen LogP) is 4.46. The van der Waals surface area contributed by atoms with Crippen LogP contribution in [-0.2, 0) is 21.4 Å². The molecule has 1 N–H and O–H groups in total. The highest BCUT2D eigenvalue weighted by atomic mass is 32.2. The maximum Gasteiger partial charge on any atom is 0.243 e. The van der Waals surface area contributed by atoms with Crippen LogP contribution in [0.4, 0.5) is 0 Å². The van der Waals surface area contributed by atoms with Gasteiger partial charge in [0.15, 0.2) is 0 Å². The van der Waals surface area contributed by atoms with Crippen LogP contribution < -0.4 is 5.32 Å². The summed E-state index contributed by atoms with van der Waals surface area (Å²) in [5.74, 6) is 0.640. The van der Waals surface area contributed by atoms with E-state index in [9.17, 15) is 13.2 Å². The van der Waals surface area contributed by atoms with Crippen molar-refractivity contribution in [3.8, 4) is 0 Å². The Morgan fingerprint density at radius 2 is 1.97 bits per heavy atom. The summed E-state index contributed by atoms with van der Waals surface area (Å²) in [6, 6.07) is 7.25. The van der Waals surface area contributed by atoms with Crippen LogP contribution in [0.3, 0.4) is 0 Å². The molecule has 0 unspecified atom stereocenters. The average molecular weight is 458 g/mol. The second kappa shape index (κ2) is 10.2. The number of fused-ring (bicyclic) bond motifs is 1. The maximum absolute atomic E-state index is 13.0. The lowest BCUT2D eigenvalue weighted by atomic mass is 9.97. The predicted molar refractivity (Wildman–Crippen MR) is 128 cm³/mol. The number of allylic oxidation sites excluding steroid dienone is 1. The molecule has 7 heteroatoms. The quantitative estimate of drug-likeness (QED) is 0.595. The summed E-state index contributed by atoms with van der Waals surface area (Å²) in [7, 11) is -3.46. The molecule has 0 spiro atoms. The van der Waals surface area contributed by atoms with Gasteiger partial charge in [0, 0.05) is 49.7 Å². The summed E-state index contributed by atoms with van der Waals surface area (Å²) in [5.41, 5.74) is 2.43. The fraction of sp³-hybridized carbons (Fsp3) is 0.560. The van der Waals surface area contributed by atoms with E-state index in [1.807, 2.05) is 22.9 Å². The van der Waals surface area contributed by atoms with E-state index in [-0.39, 0.29) is 5.91 Å². The molecule has 6 nitrogen and oxygen atoms in total. The number of hydrogen-bond donors (Lipinski definition) is 1. The summed E-state index contributed by atoms with van der Waals surface area (Å²) in [4.78, 5) is 12.6. The highest BCUT2D eigenvalue weighted by Crippen LogP contribution is 2.26. The van der Waals surface area contributed by atoms with Gasteiger partial charge in [0.2, 0.25) is 15.9 Å². The van der Waals surface area contributed by atoms with E-state index in [4.69, 9.17) is 0 Å². The number of benzene rings is 1. The zero-order valence-electron chi connectivity index (χ0n) is 19.1. The number of aryl methyl sites for hydroxylation is 1. The minimum absolute atomic E-state index is 0.0572. The van der Waals surface area contributed by atoms with Gasteiger partial charge < -0.3 is 9.88 Å². The lowest BCUT2D eigenvalue weighted by Gasteiger charge is -2.29. The fourth-order valence-electron chi connectivity index (χ4n) is 4.71. The number of aromatic nitrogens is 1. The number of hydrogen-bond acceptors (Lipinski definition) is 3. The smallest absolute Gasteiger partial charge is 0.243 e. The first kappa shape index (κ1) is 23.1. The second-order valence-electron chi connectivity index (χ2n) is 9.27. The van der Waals surface area contributed by atoms with Gasteiger partial charge in [0.1, 0.15) is 0 Å². The monoisotopic (exact) mass is 457 g/mol. The molecule has 0 atom stereocenters. The zero-order chi connectivity index (χ0) is 22.6. The normalized spacial score (nSPS) is 18.6. The van der Waals surface area contributed by atoms with E-state index in [0.717, 1.165) is 30.2 Å². The SMILES string of the molecule is CC1CCN(S(=O)(=O)c2ccc3c(ccn3CCC(=O)NCCC3=CCCCC3)c2)CC1. The molecule has 1 fully saturated rings. The van der Waals surface area contributed by atoms with E-state index >= 15 is 0 Å². The number of carbonyl (C=O) groups excluding carboxylic acids is 1. The summed E-state index contributed by atoms with van der Waals surface area (Å²) >= 11 is 0. The molecule has 32 heavy (non-hydrogen) atoms. The van der Waals surface area contributed by atoms with E-state index in [1.165, 1.54) is 31.3 Å². The third kappa shape index (κ3) is 5.44. The molecule has 0 radical (unpaired) electrons. The van der Waals surface area contributed by atoms with Crippen LogP contribution in [0.15, 0.2) is 47.0 Å². The van der Waals surface area contributed by atoms with Crippen LogP contribution in [0.25, 0.3) is 10.9 Å². The van der Waals surface area contributed by atoms with Gasteiger partial charge in [-0.1, -0.05) is 18.6 Å². The zero-order valence-corrected chi connectivity index (χ0v) is 19.9. The van der Waals surface area contributed by atoms with Gasteiger partial charge >= 0.3 is 0 Å². The third-order valence-electron chi connectivity index (χ3n) is 6.86. The van der Waals surface area contributed by atoms with E-state index in [2.05, 4.69) is 18.3 Å². The molecule has 1 amide bonds. The number of amides is 1. The van der Waals surface area contributed by atoms with Gasteiger partial charge in [0.25, 0.3) is 0 Å². The van der Waals surface area contributed by atoms with Crippen molar-refractivity contribution in [1.29, 1.82) is 0 Å². The molecule has 2 heterocycles. The van der Waals surface area contributed by atoms with Crippen molar-refractivity contribution in [3.05, 3.63) is 42.1 Å². The Kier molecular flexibility index (Phi) is 7.36. The van der Waals surface area contributed by atoms with Crippen LogP contribution in [0.5, 0.6) is 0 Å². The number of sulfonamides is 1. The van der Waals surface area contributed by atoms with Crippen LogP contribution in [0, 0.1) is 5.92 Å². The van der Waals surface area contributed by atoms with Crippen molar-refractivity contribution in [2.24, 2.45) is 5.92 Å². The van der Waals surface area contributed by atoms with Crippen molar-refractivity contribution >= 4 is 26.8 Å². The van der Waals surface area contributed by atoms with Crippen LogP contribution in [0.2, 0.25) is 0 Å². The van der Waals surface area contributed by atoms with E-state index in [0.29, 0.717) is 43.4 Å². The number of carbonyl (C=O) groups is 1. The molecule has 0 bridgehead atoms. The van der Waals surface area contributed by atoms with Crippen LogP contribution >= 0.6 is 0 Å². The molecule has 1 aromatic carbocycles. The Labute approximate surface area is 191 Å². The molecule has 1 aliphatic heterocycles. The molecule has 1 saturated heterocycles. The van der Waals surface area contributed by atoms with Gasteiger partial charge in [0.05, 0.1) is 4.90 Å². The topological polar surface area (TPSA) is 71.4 Å². The Morgan fingerprint density at radius 3 is 2.72 bits per heavy atom. The molecular formula is C25H35N3O3S. The van der Waals surface area contributed by atoms with Gasteiger partial charge in [-0.15, -0.1) is 0 Å². The molecule has 1 aromatic heterocycles. The van der Waals surface area contributed by atoms with Crippen LogP contribution in [0.1, 0.15) is 58.3 Å². The number of nitrogens with one attached hydrogen (secondary N) is 1. The van der Waals surface area contributed by atoms with Gasteiger partial charge in [-0.3, -0.25) is 4.79 Å². The van der Waals surface area contributed by atoms with E-state index < -0.39 is 10.0 Å². The van der Waals surface area contributed by atoms with Gasteiger partial charge in [-0.25, -0.2) is 8.42 Å². The van der Waals surface area contributed by atoms with Crippen molar-refractivity contribution < 1.29 is 13.2 Å². The lowest BCUT2D eigenvalue weighted by Crippen LogP contribution is -2.37. The first-order valence-corrected chi connectivity index (χ1v) is 13.4. The Morgan fingerprint density at radius 1 is 1.16 bits per heavy atom. The molecule has 2 aromatic rings. The van der Waals surface area contributed by atoms with Crippen molar-refractivity contribution in [3.63, 3.8) is 0 Å². The average Bonchev–Trinajstić information content (AvgIpc) is 3.21. The fourth-order valence-corrected chi connectivity index (χ4v) is 6.22. The first-order valence-electron chi connectivity index (χ1n) is 12.0. The maximum atomic E-state index is 13.0. The Hall–Kier alpha value is -2.12. The van der Waals surface area contributed by atoms with Crippen molar-refractivity contribution in [2.75, 3.05) is 19.6 Å². The molecule has 2 aliphatic rings. The third-order valence-corrected chi connectivity index (χ3v) is 8.75. The highest BCUT2D eigenvalue weighted by molar-refractivity contribution is 7.89.